The number of rotatable bonds is 3. The third-order valence-corrected chi connectivity index (χ3v) is 4.33. The summed E-state index contributed by atoms with van der Waals surface area (Å²) in [6, 6.07) is 14.3. The summed E-state index contributed by atoms with van der Waals surface area (Å²) in [7, 11) is 0. The number of benzene rings is 2. The Morgan fingerprint density at radius 3 is 2.46 bits per heavy atom. The van der Waals surface area contributed by atoms with Gasteiger partial charge in [-0.1, -0.05) is 51.1 Å². The van der Waals surface area contributed by atoms with Crippen LogP contribution < -0.4 is 14.8 Å². The molecular weight excluding hydrogens is 328 g/mol. The highest BCUT2D eigenvalue weighted by Gasteiger charge is 2.23. The monoisotopic (exact) mass is 350 g/mol. The van der Waals surface area contributed by atoms with Gasteiger partial charge in [-0.2, -0.15) is 5.26 Å². The number of carbonyl (C=O) groups is 1. The molecule has 0 aliphatic carbocycles. The van der Waals surface area contributed by atoms with E-state index in [1.165, 1.54) is 5.56 Å². The first kappa shape index (κ1) is 17.8. The molecule has 0 spiro atoms. The van der Waals surface area contributed by atoms with Crippen LogP contribution in [0.5, 0.6) is 11.5 Å². The maximum Gasteiger partial charge on any atom is 0.256 e. The number of para-hydroxylation sites is 1. The van der Waals surface area contributed by atoms with Gasteiger partial charge in [-0.25, -0.2) is 0 Å². The third kappa shape index (κ3) is 3.65. The van der Waals surface area contributed by atoms with Crippen LogP contribution in [0.4, 0.5) is 0 Å². The summed E-state index contributed by atoms with van der Waals surface area (Å²) in [6.07, 6.45) is 0. The molecule has 2 aromatic rings. The highest BCUT2D eigenvalue weighted by molar-refractivity contribution is 5.98. The van der Waals surface area contributed by atoms with E-state index in [0.29, 0.717) is 30.3 Å². The normalized spacial score (nSPS) is 14.2. The van der Waals surface area contributed by atoms with E-state index in [0.717, 1.165) is 5.56 Å². The predicted octanol–water partition coefficient (Wildman–Crippen LogP) is 3.75. The van der Waals surface area contributed by atoms with Gasteiger partial charge in [0.05, 0.1) is 11.6 Å². The Balaban J connectivity index is 1.81. The first-order valence-corrected chi connectivity index (χ1v) is 8.59. The lowest BCUT2D eigenvalue weighted by molar-refractivity contribution is 0.0934. The van der Waals surface area contributed by atoms with Crippen LogP contribution in [0, 0.1) is 11.3 Å². The number of nitrogens with one attached hydrogen (secondary N) is 1. The van der Waals surface area contributed by atoms with Gasteiger partial charge in [0.25, 0.3) is 5.91 Å². The van der Waals surface area contributed by atoms with Crippen LogP contribution in [-0.4, -0.2) is 19.1 Å². The van der Waals surface area contributed by atoms with Crippen molar-refractivity contribution in [1.82, 2.24) is 5.32 Å². The van der Waals surface area contributed by atoms with Crippen molar-refractivity contribution in [1.29, 1.82) is 5.26 Å². The number of hydrogen-bond acceptors (Lipinski definition) is 4. The molecule has 5 heteroatoms. The average molecular weight is 350 g/mol. The average Bonchev–Trinajstić information content (AvgIpc) is 2.65. The first-order chi connectivity index (χ1) is 12.4. The van der Waals surface area contributed by atoms with E-state index in [1.807, 2.05) is 24.3 Å². The second-order valence-electron chi connectivity index (χ2n) is 7.24. The zero-order chi connectivity index (χ0) is 18.7. The second-order valence-corrected chi connectivity index (χ2v) is 7.24. The molecule has 5 nitrogen and oxygen atoms in total. The van der Waals surface area contributed by atoms with Crippen molar-refractivity contribution in [2.75, 3.05) is 13.2 Å². The summed E-state index contributed by atoms with van der Waals surface area (Å²) in [5.74, 6) is 0.613. The smallest absolute Gasteiger partial charge is 0.256 e. The minimum Gasteiger partial charge on any atom is -0.486 e. The number of amides is 1. The van der Waals surface area contributed by atoms with Crippen molar-refractivity contribution in [3.8, 4) is 17.6 Å². The molecule has 1 atom stereocenters. The number of hydrogen-bond donors (Lipinski definition) is 1. The Kier molecular flexibility index (Phi) is 4.85. The summed E-state index contributed by atoms with van der Waals surface area (Å²) in [5, 5.41) is 12.3. The maximum absolute atomic E-state index is 12.7. The van der Waals surface area contributed by atoms with Crippen LogP contribution in [0.1, 0.15) is 48.3 Å². The van der Waals surface area contributed by atoms with Gasteiger partial charge >= 0.3 is 0 Å². The number of nitriles is 1. The van der Waals surface area contributed by atoms with Crippen molar-refractivity contribution in [2.45, 2.75) is 32.2 Å². The van der Waals surface area contributed by atoms with Crippen LogP contribution in [-0.2, 0) is 5.41 Å². The first-order valence-electron chi connectivity index (χ1n) is 8.59. The van der Waals surface area contributed by atoms with Crippen molar-refractivity contribution < 1.29 is 14.3 Å². The zero-order valence-corrected chi connectivity index (χ0v) is 15.2. The summed E-state index contributed by atoms with van der Waals surface area (Å²) >= 11 is 0. The van der Waals surface area contributed by atoms with Crippen LogP contribution in [0.15, 0.2) is 42.5 Å². The molecule has 1 aliphatic heterocycles. The van der Waals surface area contributed by atoms with E-state index in [2.05, 4.69) is 32.2 Å². The van der Waals surface area contributed by atoms with Gasteiger partial charge in [-0.05, 0) is 28.7 Å². The SMILES string of the molecule is CC(C)(C)c1ccc(C(C#N)NC(=O)c2cccc3c2OCCO3)cc1. The summed E-state index contributed by atoms with van der Waals surface area (Å²) in [4.78, 5) is 12.7. The minimum atomic E-state index is -0.739. The van der Waals surface area contributed by atoms with Crippen LogP contribution in [0.25, 0.3) is 0 Å². The quantitative estimate of drug-likeness (QED) is 0.915. The molecule has 1 heterocycles. The van der Waals surface area contributed by atoms with Gasteiger partial charge in [-0.3, -0.25) is 4.79 Å². The van der Waals surface area contributed by atoms with E-state index in [-0.39, 0.29) is 11.3 Å². The Morgan fingerprint density at radius 2 is 1.81 bits per heavy atom. The molecule has 1 amide bonds. The Morgan fingerprint density at radius 1 is 1.12 bits per heavy atom. The molecule has 0 saturated carbocycles. The van der Waals surface area contributed by atoms with E-state index in [4.69, 9.17) is 9.47 Å². The molecule has 1 N–H and O–H groups in total. The standard InChI is InChI=1S/C21H22N2O3/c1-21(2,3)15-9-7-14(8-10-15)17(13-22)23-20(24)16-5-4-6-18-19(16)26-12-11-25-18/h4-10,17H,11-12H2,1-3H3,(H,23,24). The summed E-state index contributed by atoms with van der Waals surface area (Å²) < 4.78 is 11.1. The Bertz CT molecular complexity index is 845. The van der Waals surface area contributed by atoms with E-state index < -0.39 is 6.04 Å². The van der Waals surface area contributed by atoms with Crippen molar-refractivity contribution >= 4 is 5.91 Å². The molecule has 0 fully saturated rings. The van der Waals surface area contributed by atoms with Crippen molar-refractivity contribution in [3.63, 3.8) is 0 Å². The van der Waals surface area contributed by atoms with Crippen LogP contribution in [0.2, 0.25) is 0 Å². The van der Waals surface area contributed by atoms with Gasteiger partial charge < -0.3 is 14.8 Å². The van der Waals surface area contributed by atoms with E-state index in [1.54, 1.807) is 18.2 Å². The molecule has 1 aliphatic rings. The predicted molar refractivity (Wildman–Crippen MR) is 98.4 cm³/mol. The molecule has 1 unspecified atom stereocenters. The highest BCUT2D eigenvalue weighted by Crippen LogP contribution is 2.34. The van der Waals surface area contributed by atoms with Gasteiger partial charge in [0.15, 0.2) is 11.5 Å². The molecular formula is C21H22N2O3. The second kappa shape index (κ2) is 7.09. The van der Waals surface area contributed by atoms with Gasteiger partial charge in [0.1, 0.15) is 19.3 Å². The minimum absolute atomic E-state index is 0.0321. The molecule has 134 valence electrons. The van der Waals surface area contributed by atoms with Crippen molar-refractivity contribution in [2.24, 2.45) is 0 Å². The molecule has 0 aromatic heterocycles. The number of fused-ring (bicyclic) bond motifs is 1. The summed E-state index contributed by atoms with van der Waals surface area (Å²) in [6.45, 7) is 7.25. The summed E-state index contributed by atoms with van der Waals surface area (Å²) in [5.41, 5.74) is 2.32. The van der Waals surface area contributed by atoms with Gasteiger partial charge in [-0.15, -0.1) is 0 Å². The fourth-order valence-corrected chi connectivity index (χ4v) is 2.83. The lowest BCUT2D eigenvalue weighted by Gasteiger charge is -2.22. The van der Waals surface area contributed by atoms with Crippen LogP contribution >= 0.6 is 0 Å². The fourth-order valence-electron chi connectivity index (χ4n) is 2.83. The van der Waals surface area contributed by atoms with Gasteiger partial charge in [0, 0.05) is 0 Å². The lowest BCUT2D eigenvalue weighted by atomic mass is 9.86. The van der Waals surface area contributed by atoms with Crippen molar-refractivity contribution in [3.05, 3.63) is 59.2 Å². The fraction of sp³-hybridized carbons (Fsp3) is 0.333. The molecule has 0 saturated heterocycles. The highest BCUT2D eigenvalue weighted by atomic mass is 16.6. The lowest BCUT2D eigenvalue weighted by Crippen LogP contribution is -2.29. The molecule has 0 bridgehead atoms. The van der Waals surface area contributed by atoms with Crippen LogP contribution in [0.3, 0.4) is 0 Å². The topological polar surface area (TPSA) is 71.4 Å². The van der Waals surface area contributed by atoms with Gasteiger partial charge in [0.2, 0.25) is 0 Å². The zero-order valence-electron chi connectivity index (χ0n) is 15.2. The largest absolute Gasteiger partial charge is 0.486 e. The van der Waals surface area contributed by atoms with E-state index >= 15 is 0 Å². The Labute approximate surface area is 153 Å². The molecule has 3 rings (SSSR count). The molecule has 0 radical (unpaired) electrons. The Hall–Kier alpha value is -3.00. The molecule has 2 aromatic carbocycles. The number of ether oxygens (including phenoxy) is 2. The van der Waals surface area contributed by atoms with E-state index in [9.17, 15) is 10.1 Å². The third-order valence-electron chi connectivity index (χ3n) is 4.33. The molecule has 26 heavy (non-hydrogen) atoms. The number of nitrogens with zero attached hydrogens (tertiary/aromatic N) is 1. The maximum atomic E-state index is 12.7. The number of carbonyl (C=O) groups excluding carboxylic acids is 1.